The molecular formula is C20H23F3N4O. The van der Waals surface area contributed by atoms with E-state index in [9.17, 15) is 18.0 Å². The predicted octanol–water partition coefficient (Wildman–Crippen LogP) is 3.64. The van der Waals surface area contributed by atoms with Gasteiger partial charge < -0.3 is 10.2 Å². The second kappa shape index (κ2) is 8.60. The number of amides is 1. The number of halogens is 3. The molecule has 5 nitrogen and oxygen atoms in total. The van der Waals surface area contributed by atoms with E-state index in [2.05, 4.69) is 15.2 Å². The first-order valence-electron chi connectivity index (χ1n) is 9.26. The van der Waals surface area contributed by atoms with Crippen LogP contribution in [0.25, 0.3) is 0 Å². The van der Waals surface area contributed by atoms with Crippen molar-refractivity contribution in [2.45, 2.75) is 25.6 Å². The third-order valence-corrected chi connectivity index (χ3v) is 4.88. The summed E-state index contributed by atoms with van der Waals surface area (Å²) >= 11 is 0. The number of benzene rings is 1. The molecular weight excluding hydrogens is 369 g/mol. The van der Waals surface area contributed by atoms with Crippen LogP contribution in [0.1, 0.15) is 18.9 Å². The fraction of sp³-hybridized carbons (Fsp3) is 0.400. The monoisotopic (exact) mass is 392 g/mol. The molecule has 1 saturated heterocycles. The van der Waals surface area contributed by atoms with Gasteiger partial charge in [0.05, 0.1) is 11.6 Å². The molecule has 0 unspecified atom stereocenters. The zero-order valence-electron chi connectivity index (χ0n) is 15.6. The quantitative estimate of drug-likeness (QED) is 0.844. The molecule has 1 aliphatic rings. The summed E-state index contributed by atoms with van der Waals surface area (Å²) in [6.07, 6.45) is -2.84. The number of pyridine rings is 1. The Balaban J connectivity index is 1.58. The lowest BCUT2D eigenvalue weighted by atomic mass is 10.1. The summed E-state index contributed by atoms with van der Waals surface area (Å²) in [5.41, 5.74) is 0.0112. The third kappa shape index (κ3) is 4.81. The Labute approximate surface area is 162 Å². The molecule has 0 radical (unpaired) electrons. The number of hydrogen-bond acceptors (Lipinski definition) is 4. The molecule has 3 rings (SSSR count). The van der Waals surface area contributed by atoms with Gasteiger partial charge in [-0.1, -0.05) is 25.1 Å². The molecule has 0 spiro atoms. The molecule has 28 heavy (non-hydrogen) atoms. The van der Waals surface area contributed by atoms with E-state index in [1.807, 2.05) is 42.2 Å². The molecule has 1 aromatic carbocycles. The summed E-state index contributed by atoms with van der Waals surface area (Å²) in [7, 11) is 0. The minimum Gasteiger partial charge on any atom is -0.354 e. The highest BCUT2D eigenvalue weighted by atomic mass is 19.4. The first kappa shape index (κ1) is 20.1. The van der Waals surface area contributed by atoms with E-state index in [0.717, 1.165) is 18.0 Å². The lowest BCUT2D eigenvalue weighted by Crippen LogP contribution is -2.53. The van der Waals surface area contributed by atoms with Gasteiger partial charge >= 0.3 is 6.18 Å². The van der Waals surface area contributed by atoms with Crippen molar-refractivity contribution in [2.75, 3.05) is 36.4 Å². The van der Waals surface area contributed by atoms with Crippen molar-refractivity contribution < 1.29 is 18.0 Å². The lowest BCUT2D eigenvalue weighted by molar-refractivity contribution is -0.137. The van der Waals surface area contributed by atoms with Gasteiger partial charge in [0.1, 0.15) is 5.82 Å². The van der Waals surface area contributed by atoms with Gasteiger partial charge in [0, 0.05) is 38.1 Å². The van der Waals surface area contributed by atoms with Gasteiger partial charge in [-0.25, -0.2) is 4.98 Å². The van der Waals surface area contributed by atoms with E-state index in [4.69, 9.17) is 0 Å². The fourth-order valence-electron chi connectivity index (χ4n) is 3.36. The van der Waals surface area contributed by atoms with Crippen LogP contribution in [0, 0.1) is 0 Å². The molecule has 1 fully saturated rings. The number of alkyl halides is 3. The van der Waals surface area contributed by atoms with Crippen molar-refractivity contribution in [3.8, 4) is 0 Å². The first-order valence-corrected chi connectivity index (χ1v) is 9.26. The Morgan fingerprint density at radius 2 is 1.79 bits per heavy atom. The van der Waals surface area contributed by atoms with Crippen molar-refractivity contribution in [3.63, 3.8) is 0 Å². The van der Waals surface area contributed by atoms with Crippen LogP contribution in [0.4, 0.5) is 24.7 Å². The number of aromatic nitrogens is 1. The second-order valence-corrected chi connectivity index (χ2v) is 6.71. The normalized spacial score (nSPS) is 16.6. The van der Waals surface area contributed by atoms with E-state index in [-0.39, 0.29) is 11.9 Å². The van der Waals surface area contributed by atoms with Crippen molar-refractivity contribution in [3.05, 3.63) is 54.2 Å². The fourth-order valence-corrected chi connectivity index (χ4v) is 3.36. The summed E-state index contributed by atoms with van der Waals surface area (Å²) in [4.78, 5) is 20.7. The molecule has 0 bridgehead atoms. The maximum absolute atomic E-state index is 12.7. The summed E-state index contributed by atoms with van der Waals surface area (Å²) in [6.45, 7) is 4.47. The minimum absolute atomic E-state index is 0.0465. The molecule has 150 valence electrons. The van der Waals surface area contributed by atoms with Gasteiger partial charge in [-0.3, -0.25) is 9.69 Å². The van der Waals surface area contributed by atoms with Crippen molar-refractivity contribution in [1.29, 1.82) is 0 Å². The Hall–Kier alpha value is -2.61. The maximum Gasteiger partial charge on any atom is 0.417 e. The van der Waals surface area contributed by atoms with Crippen LogP contribution < -0.4 is 10.2 Å². The van der Waals surface area contributed by atoms with Crippen LogP contribution in [0.3, 0.4) is 0 Å². The van der Waals surface area contributed by atoms with Gasteiger partial charge in [-0.15, -0.1) is 0 Å². The Kier molecular flexibility index (Phi) is 6.18. The molecule has 1 aliphatic heterocycles. The summed E-state index contributed by atoms with van der Waals surface area (Å²) in [5, 5.41) is 2.94. The molecule has 2 aromatic rings. The van der Waals surface area contributed by atoms with E-state index in [1.54, 1.807) is 0 Å². The molecule has 2 heterocycles. The molecule has 0 saturated carbocycles. The number of anilines is 2. The second-order valence-electron chi connectivity index (χ2n) is 6.71. The number of carbonyl (C=O) groups is 1. The zero-order valence-corrected chi connectivity index (χ0v) is 15.6. The first-order chi connectivity index (χ1) is 13.4. The largest absolute Gasteiger partial charge is 0.417 e. The van der Waals surface area contributed by atoms with E-state index >= 15 is 0 Å². The van der Waals surface area contributed by atoms with Crippen LogP contribution in [-0.4, -0.2) is 48.0 Å². The number of nitrogens with one attached hydrogen (secondary N) is 1. The molecule has 1 atom stereocenters. The summed E-state index contributed by atoms with van der Waals surface area (Å²) in [5.74, 6) is 0.476. The number of piperazine rings is 1. The highest BCUT2D eigenvalue weighted by molar-refractivity contribution is 5.94. The molecule has 1 amide bonds. The molecule has 1 N–H and O–H groups in total. The predicted molar refractivity (Wildman–Crippen MR) is 102 cm³/mol. The highest BCUT2D eigenvalue weighted by Crippen LogP contribution is 2.29. The number of para-hydroxylation sites is 1. The number of nitrogens with zero attached hydrogens (tertiary/aromatic N) is 3. The number of rotatable bonds is 5. The van der Waals surface area contributed by atoms with Crippen molar-refractivity contribution in [1.82, 2.24) is 9.88 Å². The van der Waals surface area contributed by atoms with Crippen LogP contribution in [0.15, 0.2) is 48.7 Å². The Morgan fingerprint density at radius 1 is 1.11 bits per heavy atom. The zero-order chi connectivity index (χ0) is 20.1. The van der Waals surface area contributed by atoms with Gasteiger partial charge in [-0.2, -0.15) is 13.2 Å². The Bertz CT molecular complexity index is 772. The average Bonchev–Trinajstić information content (AvgIpc) is 2.69. The number of carbonyl (C=O) groups excluding carboxylic acids is 1. The van der Waals surface area contributed by atoms with Crippen LogP contribution in [-0.2, 0) is 11.0 Å². The van der Waals surface area contributed by atoms with Crippen LogP contribution in [0.2, 0.25) is 0 Å². The van der Waals surface area contributed by atoms with E-state index < -0.39 is 11.7 Å². The summed E-state index contributed by atoms with van der Waals surface area (Å²) in [6, 6.07) is 11.5. The standard InChI is InChI=1S/C20H23F3N4O/c1-2-17(19(28)25-16-6-4-3-5-7-16)26-10-12-27(13-11-26)18-9-8-15(14-24-18)20(21,22)23/h3-9,14,17H,2,10-13H2,1H3,(H,25,28)/t17-/m1/s1. The SMILES string of the molecule is CC[C@H](C(=O)Nc1ccccc1)N1CCN(c2ccc(C(F)(F)F)cn2)CC1. The van der Waals surface area contributed by atoms with Crippen LogP contribution >= 0.6 is 0 Å². The maximum atomic E-state index is 12.7. The third-order valence-electron chi connectivity index (χ3n) is 4.88. The highest BCUT2D eigenvalue weighted by Gasteiger charge is 2.32. The van der Waals surface area contributed by atoms with E-state index in [1.165, 1.54) is 6.07 Å². The van der Waals surface area contributed by atoms with Gasteiger partial charge in [0.25, 0.3) is 0 Å². The van der Waals surface area contributed by atoms with E-state index in [0.29, 0.717) is 38.4 Å². The Morgan fingerprint density at radius 3 is 2.32 bits per heavy atom. The smallest absolute Gasteiger partial charge is 0.354 e. The van der Waals surface area contributed by atoms with Gasteiger partial charge in [0.2, 0.25) is 5.91 Å². The van der Waals surface area contributed by atoms with Crippen LogP contribution in [0.5, 0.6) is 0 Å². The topological polar surface area (TPSA) is 48.5 Å². The average molecular weight is 392 g/mol. The van der Waals surface area contributed by atoms with Crippen molar-refractivity contribution in [2.24, 2.45) is 0 Å². The number of hydrogen-bond donors (Lipinski definition) is 1. The van der Waals surface area contributed by atoms with Gasteiger partial charge in [0.15, 0.2) is 0 Å². The summed E-state index contributed by atoms with van der Waals surface area (Å²) < 4.78 is 38.0. The molecule has 0 aliphatic carbocycles. The minimum atomic E-state index is -4.38. The molecule has 1 aromatic heterocycles. The van der Waals surface area contributed by atoms with Gasteiger partial charge in [-0.05, 0) is 30.7 Å². The van der Waals surface area contributed by atoms with Crippen molar-refractivity contribution >= 4 is 17.4 Å². The lowest BCUT2D eigenvalue weighted by Gasteiger charge is -2.38. The molecule has 8 heteroatoms.